The van der Waals surface area contributed by atoms with E-state index in [1.165, 1.54) is 12.8 Å². The predicted octanol–water partition coefficient (Wildman–Crippen LogP) is 2.27. The second-order valence-corrected chi connectivity index (χ2v) is 5.76. The quantitative estimate of drug-likeness (QED) is 0.571. The summed E-state index contributed by atoms with van der Waals surface area (Å²) in [7, 11) is 0. The number of likely N-dealkylation sites (tertiary alicyclic amines) is 1. The van der Waals surface area contributed by atoms with Crippen LogP contribution < -0.4 is 15.8 Å². The molecule has 0 saturated carbocycles. The van der Waals surface area contributed by atoms with E-state index in [4.69, 9.17) is 10.5 Å². The van der Waals surface area contributed by atoms with Crippen molar-refractivity contribution in [1.29, 1.82) is 0 Å². The molecule has 0 aromatic heterocycles. The molecule has 1 amide bonds. The summed E-state index contributed by atoms with van der Waals surface area (Å²) in [4.78, 5) is 14.4. The fraction of sp³-hybridized carbons (Fsp3) is 0.588. The number of carbonyl (C=O) groups is 1. The Hall–Kier alpha value is -1.75. The van der Waals surface area contributed by atoms with Gasteiger partial charge in [-0.05, 0) is 50.6 Å². The first-order chi connectivity index (χ1) is 10.7. The van der Waals surface area contributed by atoms with Crippen LogP contribution in [0, 0.1) is 0 Å². The van der Waals surface area contributed by atoms with Crippen molar-refractivity contribution in [3.63, 3.8) is 0 Å². The minimum absolute atomic E-state index is 0.0714. The summed E-state index contributed by atoms with van der Waals surface area (Å²) >= 11 is 0. The van der Waals surface area contributed by atoms with Crippen LogP contribution in [0.15, 0.2) is 18.2 Å². The smallest absolute Gasteiger partial charge is 0.251 e. The summed E-state index contributed by atoms with van der Waals surface area (Å²) in [5.41, 5.74) is 7.11. The number of nitrogens with two attached hydrogens (primary N) is 1. The van der Waals surface area contributed by atoms with Crippen LogP contribution in [0.2, 0.25) is 0 Å². The molecule has 1 aromatic carbocycles. The van der Waals surface area contributed by atoms with Crippen molar-refractivity contribution in [2.45, 2.75) is 32.6 Å². The summed E-state index contributed by atoms with van der Waals surface area (Å²) < 4.78 is 5.77. The number of hydrogen-bond acceptors (Lipinski definition) is 4. The fourth-order valence-corrected chi connectivity index (χ4v) is 2.57. The van der Waals surface area contributed by atoms with E-state index < -0.39 is 0 Å². The van der Waals surface area contributed by atoms with Crippen LogP contribution >= 0.6 is 0 Å². The summed E-state index contributed by atoms with van der Waals surface area (Å²) in [5.74, 6) is 0.528. The van der Waals surface area contributed by atoms with Crippen molar-refractivity contribution in [2.75, 3.05) is 38.5 Å². The topological polar surface area (TPSA) is 67.6 Å². The first-order valence-electron chi connectivity index (χ1n) is 8.23. The molecule has 0 unspecified atom stereocenters. The van der Waals surface area contributed by atoms with Crippen LogP contribution in [0.3, 0.4) is 0 Å². The van der Waals surface area contributed by atoms with Crippen molar-refractivity contribution >= 4 is 11.6 Å². The Morgan fingerprint density at radius 3 is 2.86 bits per heavy atom. The summed E-state index contributed by atoms with van der Waals surface area (Å²) in [6.07, 6.45) is 4.60. The number of nitrogen functional groups attached to an aromatic ring is 1. The lowest BCUT2D eigenvalue weighted by atomic mass is 10.1. The minimum Gasteiger partial charge on any atom is -0.490 e. The molecule has 1 saturated heterocycles. The standard InChI is InChI=1S/C17H27N3O2/c1-2-3-8-19-17(21)14-6-7-15(18)16(13-14)22-12-11-20-9-4-5-10-20/h6-7,13H,2-5,8-12,18H2,1H3,(H,19,21). The van der Waals surface area contributed by atoms with Gasteiger partial charge in [0.15, 0.2) is 0 Å². The minimum atomic E-state index is -0.0714. The maximum absolute atomic E-state index is 12.1. The van der Waals surface area contributed by atoms with Crippen molar-refractivity contribution in [3.8, 4) is 5.75 Å². The molecule has 0 radical (unpaired) electrons. The number of amides is 1. The van der Waals surface area contributed by atoms with Crippen LogP contribution in [0.25, 0.3) is 0 Å². The second kappa shape index (κ2) is 8.63. The van der Waals surface area contributed by atoms with Gasteiger partial charge in [0.2, 0.25) is 0 Å². The molecule has 0 aliphatic carbocycles. The van der Waals surface area contributed by atoms with Crippen LogP contribution in [0.5, 0.6) is 5.75 Å². The number of unbranched alkanes of at least 4 members (excludes halogenated alkanes) is 1. The first-order valence-corrected chi connectivity index (χ1v) is 8.23. The Labute approximate surface area is 132 Å². The lowest BCUT2D eigenvalue weighted by Crippen LogP contribution is -2.26. The first kappa shape index (κ1) is 16.6. The maximum Gasteiger partial charge on any atom is 0.251 e. The number of nitrogens with one attached hydrogen (secondary N) is 1. The van der Waals surface area contributed by atoms with Crippen LogP contribution in [0.1, 0.15) is 43.0 Å². The zero-order chi connectivity index (χ0) is 15.8. The van der Waals surface area contributed by atoms with Gasteiger partial charge in [-0.2, -0.15) is 0 Å². The number of benzene rings is 1. The molecule has 0 bridgehead atoms. The highest BCUT2D eigenvalue weighted by Crippen LogP contribution is 2.23. The van der Waals surface area contributed by atoms with E-state index >= 15 is 0 Å². The van der Waals surface area contributed by atoms with Gasteiger partial charge in [0.1, 0.15) is 12.4 Å². The highest BCUT2D eigenvalue weighted by molar-refractivity contribution is 5.95. The van der Waals surface area contributed by atoms with E-state index in [-0.39, 0.29) is 5.91 Å². The Balaban J connectivity index is 1.86. The molecule has 1 aliphatic heterocycles. The van der Waals surface area contributed by atoms with Crippen molar-refractivity contribution in [2.24, 2.45) is 0 Å². The maximum atomic E-state index is 12.1. The van der Waals surface area contributed by atoms with Gasteiger partial charge in [0, 0.05) is 18.7 Å². The molecule has 2 rings (SSSR count). The highest BCUT2D eigenvalue weighted by Gasteiger charge is 2.12. The molecule has 5 nitrogen and oxygen atoms in total. The molecule has 122 valence electrons. The predicted molar refractivity (Wildman–Crippen MR) is 89.3 cm³/mol. The molecule has 0 atom stereocenters. The average Bonchev–Trinajstić information content (AvgIpc) is 3.02. The molecule has 1 fully saturated rings. The number of nitrogens with zero attached hydrogens (tertiary/aromatic N) is 1. The van der Waals surface area contributed by atoms with Crippen LogP contribution in [-0.4, -0.2) is 43.6 Å². The third kappa shape index (κ3) is 4.91. The molecular weight excluding hydrogens is 278 g/mol. The van der Waals surface area contributed by atoms with Gasteiger partial charge in [0.25, 0.3) is 5.91 Å². The van der Waals surface area contributed by atoms with E-state index in [1.54, 1.807) is 18.2 Å². The van der Waals surface area contributed by atoms with Gasteiger partial charge in [-0.3, -0.25) is 9.69 Å². The normalized spacial score (nSPS) is 15.0. The summed E-state index contributed by atoms with van der Waals surface area (Å²) in [6.45, 7) is 6.61. The average molecular weight is 305 g/mol. The van der Waals surface area contributed by atoms with Crippen molar-refractivity contribution < 1.29 is 9.53 Å². The molecule has 1 heterocycles. The largest absolute Gasteiger partial charge is 0.490 e. The van der Waals surface area contributed by atoms with Gasteiger partial charge in [-0.15, -0.1) is 0 Å². The molecule has 1 aliphatic rings. The molecule has 22 heavy (non-hydrogen) atoms. The fourth-order valence-electron chi connectivity index (χ4n) is 2.57. The van der Waals surface area contributed by atoms with E-state index in [0.717, 1.165) is 32.5 Å². The monoisotopic (exact) mass is 305 g/mol. The zero-order valence-corrected chi connectivity index (χ0v) is 13.4. The van der Waals surface area contributed by atoms with Gasteiger partial charge in [-0.25, -0.2) is 0 Å². The van der Waals surface area contributed by atoms with Crippen molar-refractivity contribution in [1.82, 2.24) is 10.2 Å². The molecule has 0 spiro atoms. The van der Waals surface area contributed by atoms with Crippen LogP contribution in [-0.2, 0) is 0 Å². The van der Waals surface area contributed by atoms with Gasteiger partial charge in [0.05, 0.1) is 5.69 Å². The Kier molecular flexibility index (Phi) is 6.52. The Morgan fingerprint density at radius 2 is 2.14 bits per heavy atom. The number of carbonyl (C=O) groups excluding carboxylic acids is 1. The molecule has 5 heteroatoms. The van der Waals surface area contributed by atoms with Crippen molar-refractivity contribution in [3.05, 3.63) is 23.8 Å². The molecule has 1 aromatic rings. The Morgan fingerprint density at radius 1 is 1.36 bits per heavy atom. The van der Waals surface area contributed by atoms with Gasteiger partial charge >= 0.3 is 0 Å². The third-order valence-electron chi connectivity index (χ3n) is 3.96. The molecule has 3 N–H and O–H groups in total. The van der Waals surface area contributed by atoms with E-state index in [2.05, 4.69) is 17.1 Å². The Bertz CT molecular complexity index is 485. The van der Waals surface area contributed by atoms with Gasteiger partial charge in [-0.1, -0.05) is 13.3 Å². The lowest BCUT2D eigenvalue weighted by Gasteiger charge is -2.16. The van der Waals surface area contributed by atoms with E-state index in [0.29, 0.717) is 30.2 Å². The molecular formula is C17H27N3O2. The van der Waals surface area contributed by atoms with Gasteiger partial charge < -0.3 is 15.8 Å². The number of ether oxygens (including phenoxy) is 1. The third-order valence-corrected chi connectivity index (χ3v) is 3.96. The van der Waals surface area contributed by atoms with E-state index in [9.17, 15) is 4.79 Å². The zero-order valence-electron chi connectivity index (χ0n) is 13.4. The van der Waals surface area contributed by atoms with Crippen LogP contribution in [0.4, 0.5) is 5.69 Å². The number of anilines is 1. The summed E-state index contributed by atoms with van der Waals surface area (Å²) in [6, 6.07) is 5.21. The summed E-state index contributed by atoms with van der Waals surface area (Å²) in [5, 5.41) is 2.90. The SMILES string of the molecule is CCCCNC(=O)c1ccc(N)c(OCCN2CCCC2)c1. The number of rotatable bonds is 8. The van der Waals surface area contributed by atoms with E-state index in [1.807, 2.05) is 0 Å². The number of hydrogen-bond donors (Lipinski definition) is 2. The second-order valence-electron chi connectivity index (χ2n) is 5.76. The highest BCUT2D eigenvalue weighted by atomic mass is 16.5. The lowest BCUT2D eigenvalue weighted by molar-refractivity contribution is 0.0952.